The maximum absolute atomic E-state index is 12.0. The average molecular weight is 357 g/mol. The Hall–Kier alpha value is -2.20. The Balaban J connectivity index is 2.12. The average Bonchev–Trinajstić information content (AvgIpc) is 2.41. The molecule has 0 spiro atoms. The van der Waals surface area contributed by atoms with E-state index < -0.39 is 6.36 Å². The van der Waals surface area contributed by atoms with Crippen LogP contribution in [0.2, 0.25) is 0 Å². The first-order chi connectivity index (χ1) is 9.87. The van der Waals surface area contributed by atoms with Gasteiger partial charge in [0.05, 0.1) is 17.3 Å². The summed E-state index contributed by atoms with van der Waals surface area (Å²) in [6.07, 6.45) is -4.70. The number of alkyl halides is 3. The van der Waals surface area contributed by atoms with Gasteiger partial charge in [0, 0.05) is 10.2 Å². The summed E-state index contributed by atoms with van der Waals surface area (Å²) in [5.41, 5.74) is 1.79. The zero-order valence-electron chi connectivity index (χ0n) is 10.4. The van der Waals surface area contributed by atoms with Crippen LogP contribution in [-0.4, -0.2) is 6.36 Å². The Kier molecular flexibility index (Phi) is 4.38. The molecule has 0 heterocycles. The molecule has 0 atom stereocenters. The maximum atomic E-state index is 12.0. The molecule has 0 fully saturated rings. The van der Waals surface area contributed by atoms with Gasteiger partial charge in [-0.3, -0.25) is 0 Å². The molecule has 0 saturated carbocycles. The zero-order chi connectivity index (χ0) is 15.5. The van der Waals surface area contributed by atoms with E-state index in [0.717, 1.165) is 0 Å². The van der Waals surface area contributed by atoms with Crippen molar-refractivity contribution in [2.24, 2.45) is 0 Å². The van der Waals surface area contributed by atoms with E-state index in [-0.39, 0.29) is 5.75 Å². The number of nitrogens with one attached hydrogen (secondary N) is 1. The molecule has 2 aromatic carbocycles. The highest BCUT2D eigenvalue weighted by atomic mass is 79.9. The number of nitriles is 1. The van der Waals surface area contributed by atoms with Crippen molar-refractivity contribution >= 4 is 27.3 Å². The molecule has 0 saturated heterocycles. The van der Waals surface area contributed by atoms with Crippen molar-refractivity contribution in [2.75, 3.05) is 5.32 Å². The normalized spacial score (nSPS) is 10.8. The molecule has 2 rings (SSSR count). The van der Waals surface area contributed by atoms with Gasteiger partial charge in [0.1, 0.15) is 5.75 Å². The molecule has 7 heteroatoms. The van der Waals surface area contributed by atoms with Gasteiger partial charge in [-0.2, -0.15) is 5.26 Å². The van der Waals surface area contributed by atoms with Gasteiger partial charge in [0.2, 0.25) is 0 Å². The van der Waals surface area contributed by atoms with E-state index in [1.807, 2.05) is 6.07 Å². The van der Waals surface area contributed by atoms with Crippen LogP contribution in [0.5, 0.6) is 5.75 Å². The summed E-state index contributed by atoms with van der Waals surface area (Å²) < 4.78 is 40.6. The third-order valence-corrected chi connectivity index (χ3v) is 3.12. The monoisotopic (exact) mass is 356 g/mol. The summed E-state index contributed by atoms with van der Waals surface area (Å²) in [6, 6.07) is 12.3. The lowest BCUT2D eigenvalue weighted by Gasteiger charge is -2.11. The highest BCUT2D eigenvalue weighted by Gasteiger charge is 2.30. The lowest BCUT2D eigenvalue weighted by atomic mass is 10.2. The van der Waals surface area contributed by atoms with Crippen LogP contribution in [0.4, 0.5) is 24.5 Å². The predicted molar refractivity (Wildman–Crippen MR) is 75.3 cm³/mol. The standard InChI is InChI=1S/C14H8BrF3N2O/c15-12-7-9(8-19)1-6-13(12)20-10-2-4-11(5-3-10)21-14(16,17)18/h1-7,20H. The summed E-state index contributed by atoms with van der Waals surface area (Å²) >= 11 is 3.31. The van der Waals surface area contributed by atoms with Crippen molar-refractivity contribution in [3.8, 4) is 11.8 Å². The van der Waals surface area contributed by atoms with Gasteiger partial charge in [-0.1, -0.05) is 0 Å². The molecular weight excluding hydrogens is 349 g/mol. The van der Waals surface area contributed by atoms with Crippen LogP contribution >= 0.6 is 15.9 Å². The minimum Gasteiger partial charge on any atom is -0.406 e. The molecule has 0 aliphatic heterocycles. The van der Waals surface area contributed by atoms with Crippen LogP contribution in [0.3, 0.4) is 0 Å². The number of rotatable bonds is 3. The second-order valence-electron chi connectivity index (χ2n) is 4.00. The second kappa shape index (κ2) is 6.06. The number of hydrogen-bond donors (Lipinski definition) is 1. The molecule has 21 heavy (non-hydrogen) atoms. The van der Waals surface area contributed by atoms with E-state index in [1.54, 1.807) is 18.2 Å². The van der Waals surface area contributed by atoms with Crippen LogP contribution in [-0.2, 0) is 0 Å². The van der Waals surface area contributed by atoms with Gasteiger partial charge in [0.15, 0.2) is 0 Å². The fourth-order valence-electron chi connectivity index (χ4n) is 1.58. The fraction of sp³-hybridized carbons (Fsp3) is 0.0714. The van der Waals surface area contributed by atoms with Gasteiger partial charge in [-0.15, -0.1) is 13.2 Å². The van der Waals surface area contributed by atoms with Crippen molar-refractivity contribution in [3.63, 3.8) is 0 Å². The Labute approximate surface area is 127 Å². The summed E-state index contributed by atoms with van der Waals surface area (Å²) in [5.74, 6) is -0.285. The maximum Gasteiger partial charge on any atom is 0.573 e. The predicted octanol–water partition coefficient (Wildman–Crippen LogP) is 4.96. The number of hydrogen-bond acceptors (Lipinski definition) is 3. The Bertz CT molecular complexity index is 678. The molecule has 3 nitrogen and oxygen atoms in total. The molecular formula is C14H8BrF3N2O. The number of benzene rings is 2. The Morgan fingerprint density at radius 2 is 1.76 bits per heavy atom. The molecule has 0 unspecified atom stereocenters. The first-order valence-corrected chi connectivity index (χ1v) is 6.49. The molecule has 0 aromatic heterocycles. The molecule has 108 valence electrons. The molecule has 0 aliphatic rings. The van der Waals surface area contributed by atoms with Gasteiger partial charge >= 0.3 is 6.36 Å². The third kappa shape index (κ3) is 4.39. The van der Waals surface area contributed by atoms with Crippen LogP contribution in [0.1, 0.15) is 5.56 Å². The van der Waals surface area contributed by atoms with E-state index in [2.05, 4.69) is 26.0 Å². The largest absolute Gasteiger partial charge is 0.573 e. The summed E-state index contributed by atoms with van der Waals surface area (Å²) in [4.78, 5) is 0. The molecule has 0 amide bonds. The van der Waals surface area contributed by atoms with Crippen LogP contribution in [0.25, 0.3) is 0 Å². The minimum atomic E-state index is -4.70. The number of halogens is 4. The number of nitrogens with zero attached hydrogens (tertiary/aromatic N) is 1. The van der Waals surface area contributed by atoms with Gasteiger partial charge in [-0.25, -0.2) is 0 Å². The minimum absolute atomic E-state index is 0.285. The van der Waals surface area contributed by atoms with Crippen LogP contribution in [0.15, 0.2) is 46.9 Å². The van der Waals surface area contributed by atoms with Crippen molar-refractivity contribution in [3.05, 3.63) is 52.5 Å². The second-order valence-corrected chi connectivity index (χ2v) is 4.86. The SMILES string of the molecule is N#Cc1ccc(Nc2ccc(OC(F)(F)F)cc2)c(Br)c1. The lowest BCUT2D eigenvalue weighted by Crippen LogP contribution is -2.16. The van der Waals surface area contributed by atoms with Crippen molar-refractivity contribution in [1.82, 2.24) is 0 Å². The van der Waals surface area contributed by atoms with Gasteiger partial charge < -0.3 is 10.1 Å². The highest BCUT2D eigenvalue weighted by molar-refractivity contribution is 9.10. The van der Waals surface area contributed by atoms with E-state index in [9.17, 15) is 13.2 Å². The Morgan fingerprint density at radius 1 is 1.10 bits per heavy atom. The Morgan fingerprint density at radius 3 is 2.29 bits per heavy atom. The zero-order valence-corrected chi connectivity index (χ0v) is 12.0. The van der Waals surface area contributed by atoms with Crippen molar-refractivity contribution < 1.29 is 17.9 Å². The van der Waals surface area contributed by atoms with E-state index >= 15 is 0 Å². The quantitative estimate of drug-likeness (QED) is 0.844. The summed E-state index contributed by atoms with van der Waals surface area (Å²) in [5, 5.41) is 11.8. The molecule has 0 radical (unpaired) electrons. The highest BCUT2D eigenvalue weighted by Crippen LogP contribution is 2.29. The molecule has 0 bridgehead atoms. The number of anilines is 2. The fourth-order valence-corrected chi connectivity index (χ4v) is 2.06. The third-order valence-electron chi connectivity index (χ3n) is 2.47. The summed E-state index contributed by atoms with van der Waals surface area (Å²) in [6.45, 7) is 0. The van der Waals surface area contributed by atoms with Gasteiger partial charge in [-0.05, 0) is 58.4 Å². The first-order valence-electron chi connectivity index (χ1n) is 5.70. The number of ether oxygens (including phenoxy) is 1. The first kappa shape index (κ1) is 15.2. The van der Waals surface area contributed by atoms with Crippen molar-refractivity contribution in [1.29, 1.82) is 5.26 Å². The van der Waals surface area contributed by atoms with E-state index in [0.29, 0.717) is 21.4 Å². The smallest absolute Gasteiger partial charge is 0.406 e. The molecule has 1 N–H and O–H groups in total. The van der Waals surface area contributed by atoms with Crippen LogP contribution in [0, 0.1) is 11.3 Å². The molecule has 2 aromatic rings. The van der Waals surface area contributed by atoms with E-state index in [1.165, 1.54) is 24.3 Å². The van der Waals surface area contributed by atoms with E-state index in [4.69, 9.17) is 5.26 Å². The van der Waals surface area contributed by atoms with Crippen molar-refractivity contribution in [2.45, 2.75) is 6.36 Å². The van der Waals surface area contributed by atoms with Gasteiger partial charge in [0.25, 0.3) is 0 Å². The summed E-state index contributed by atoms with van der Waals surface area (Å²) in [7, 11) is 0. The topological polar surface area (TPSA) is 45.0 Å². The lowest BCUT2D eigenvalue weighted by molar-refractivity contribution is -0.274. The molecule has 0 aliphatic carbocycles. The van der Waals surface area contributed by atoms with Crippen LogP contribution < -0.4 is 10.1 Å².